The Morgan fingerprint density at radius 1 is 0.909 bits per heavy atom. The van der Waals surface area contributed by atoms with Crippen LogP contribution in [0.2, 0.25) is 0 Å². The van der Waals surface area contributed by atoms with Crippen LogP contribution < -0.4 is 5.32 Å². The number of aryl methyl sites for hydroxylation is 2. The second-order valence-corrected chi connectivity index (χ2v) is 6.71. The van der Waals surface area contributed by atoms with E-state index >= 15 is 0 Å². The molecule has 0 fully saturated rings. The Morgan fingerprint density at radius 3 is 2.50 bits per heavy atom. The van der Waals surface area contributed by atoms with Crippen LogP contribution in [0.1, 0.15) is 21.5 Å². The molecule has 0 heterocycles. The summed E-state index contributed by atoms with van der Waals surface area (Å²) < 4.78 is 0.962. The summed E-state index contributed by atoms with van der Waals surface area (Å²) in [5.41, 5.74) is 4.38. The van der Waals surface area contributed by atoms with Crippen LogP contribution in [-0.2, 0) is 12.8 Å². The van der Waals surface area contributed by atoms with E-state index in [4.69, 9.17) is 0 Å². The molecule has 1 aliphatic rings. The second kappa shape index (κ2) is 5.39. The maximum atomic E-state index is 12.5. The molecule has 22 heavy (non-hydrogen) atoms. The van der Waals surface area contributed by atoms with Gasteiger partial charge in [0, 0.05) is 14.6 Å². The number of hydrogen-bond acceptors (Lipinski definition) is 1. The smallest absolute Gasteiger partial charge is 0.256 e. The molecule has 4 rings (SSSR count). The number of amides is 1. The zero-order chi connectivity index (χ0) is 15.1. The molecule has 0 aliphatic heterocycles. The first-order chi connectivity index (χ1) is 10.7. The first-order valence-electron chi connectivity index (χ1n) is 7.33. The van der Waals surface area contributed by atoms with E-state index in [1.165, 1.54) is 16.5 Å². The fourth-order valence-electron chi connectivity index (χ4n) is 3.19. The van der Waals surface area contributed by atoms with Gasteiger partial charge in [-0.3, -0.25) is 4.79 Å². The van der Waals surface area contributed by atoms with Gasteiger partial charge in [0.1, 0.15) is 0 Å². The minimum absolute atomic E-state index is 0.0521. The van der Waals surface area contributed by atoms with Crippen molar-refractivity contribution in [2.75, 3.05) is 5.32 Å². The molecule has 3 heteroatoms. The van der Waals surface area contributed by atoms with Crippen LogP contribution >= 0.6 is 22.6 Å². The number of halogens is 1. The lowest BCUT2D eigenvalue weighted by Crippen LogP contribution is -2.13. The SMILES string of the molecule is O=C(Nc1ccc2c3c(cccc13)CC2)c1ccccc1I. The Hall–Kier alpha value is -1.88. The maximum absolute atomic E-state index is 12.5. The molecule has 1 N–H and O–H groups in total. The van der Waals surface area contributed by atoms with Gasteiger partial charge in [-0.2, -0.15) is 0 Å². The number of nitrogens with one attached hydrogen (secondary N) is 1. The van der Waals surface area contributed by atoms with Gasteiger partial charge >= 0.3 is 0 Å². The molecule has 0 radical (unpaired) electrons. The van der Waals surface area contributed by atoms with E-state index in [0.717, 1.165) is 27.5 Å². The third kappa shape index (κ3) is 2.20. The quantitative estimate of drug-likeness (QED) is 0.617. The van der Waals surface area contributed by atoms with Gasteiger partial charge in [-0.25, -0.2) is 0 Å². The van der Waals surface area contributed by atoms with Gasteiger partial charge in [0.05, 0.1) is 5.56 Å². The Kier molecular flexibility index (Phi) is 3.37. The van der Waals surface area contributed by atoms with E-state index in [1.807, 2.05) is 30.3 Å². The standard InChI is InChI=1S/C19H14INO/c20-16-7-2-1-5-14(16)19(22)21-17-11-10-13-9-8-12-4-3-6-15(17)18(12)13/h1-7,10-11H,8-9H2,(H,21,22). The highest BCUT2D eigenvalue weighted by Gasteiger charge is 2.17. The third-order valence-electron chi connectivity index (χ3n) is 4.24. The Morgan fingerprint density at radius 2 is 1.68 bits per heavy atom. The number of benzene rings is 3. The largest absolute Gasteiger partial charge is 0.321 e. The molecule has 0 bridgehead atoms. The number of rotatable bonds is 2. The first kappa shape index (κ1) is 13.8. The Balaban J connectivity index is 1.77. The molecule has 0 atom stereocenters. The van der Waals surface area contributed by atoms with Crippen LogP contribution in [0.15, 0.2) is 54.6 Å². The minimum atomic E-state index is -0.0521. The third-order valence-corrected chi connectivity index (χ3v) is 5.18. The van der Waals surface area contributed by atoms with Crippen molar-refractivity contribution in [3.05, 3.63) is 74.9 Å². The summed E-state index contributed by atoms with van der Waals surface area (Å²) in [6.07, 6.45) is 2.20. The van der Waals surface area contributed by atoms with Crippen LogP contribution in [0.3, 0.4) is 0 Å². The van der Waals surface area contributed by atoms with Crippen LogP contribution in [0.5, 0.6) is 0 Å². The molecule has 0 spiro atoms. The van der Waals surface area contributed by atoms with Crippen LogP contribution in [0.25, 0.3) is 10.8 Å². The Bertz CT molecular complexity index is 891. The van der Waals surface area contributed by atoms with Crippen LogP contribution in [0, 0.1) is 3.57 Å². The van der Waals surface area contributed by atoms with Crippen molar-refractivity contribution in [1.82, 2.24) is 0 Å². The van der Waals surface area contributed by atoms with Crippen molar-refractivity contribution < 1.29 is 4.79 Å². The van der Waals surface area contributed by atoms with E-state index in [0.29, 0.717) is 5.56 Å². The molecule has 1 aliphatic carbocycles. The Labute approximate surface area is 142 Å². The summed E-state index contributed by atoms with van der Waals surface area (Å²) >= 11 is 2.20. The zero-order valence-corrected chi connectivity index (χ0v) is 14.1. The van der Waals surface area contributed by atoms with Gasteiger partial charge in [-0.05, 0) is 70.1 Å². The fraction of sp³-hybridized carbons (Fsp3) is 0.105. The van der Waals surface area contributed by atoms with Crippen molar-refractivity contribution >= 4 is 45.0 Å². The highest BCUT2D eigenvalue weighted by molar-refractivity contribution is 14.1. The van der Waals surface area contributed by atoms with Crippen molar-refractivity contribution in [3.63, 3.8) is 0 Å². The summed E-state index contributed by atoms with van der Waals surface area (Å²) in [5, 5.41) is 5.55. The van der Waals surface area contributed by atoms with E-state index in [1.54, 1.807) is 0 Å². The lowest BCUT2D eigenvalue weighted by atomic mass is 10.0. The normalized spacial score (nSPS) is 12.6. The number of carbonyl (C=O) groups is 1. The molecular weight excluding hydrogens is 385 g/mol. The van der Waals surface area contributed by atoms with Gasteiger partial charge < -0.3 is 5.32 Å². The predicted octanol–water partition coefficient (Wildman–Crippen LogP) is 4.80. The summed E-state index contributed by atoms with van der Waals surface area (Å²) in [6, 6.07) is 18.2. The van der Waals surface area contributed by atoms with Gasteiger partial charge in [-0.1, -0.05) is 36.4 Å². The van der Waals surface area contributed by atoms with Crippen molar-refractivity contribution in [2.24, 2.45) is 0 Å². The van der Waals surface area contributed by atoms with Gasteiger partial charge in [-0.15, -0.1) is 0 Å². The highest BCUT2D eigenvalue weighted by Crippen LogP contribution is 2.35. The topological polar surface area (TPSA) is 29.1 Å². The molecule has 0 unspecified atom stereocenters. The highest BCUT2D eigenvalue weighted by atomic mass is 127. The number of carbonyl (C=O) groups excluding carboxylic acids is 1. The van der Waals surface area contributed by atoms with Crippen molar-refractivity contribution in [3.8, 4) is 0 Å². The molecule has 0 saturated carbocycles. The fourth-order valence-corrected chi connectivity index (χ4v) is 3.82. The number of anilines is 1. The molecule has 0 saturated heterocycles. The monoisotopic (exact) mass is 399 g/mol. The predicted molar refractivity (Wildman–Crippen MR) is 98.5 cm³/mol. The summed E-state index contributed by atoms with van der Waals surface area (Å²) in [6.45, 7) is 0. The minimum Gasteiger partial charge on any atom is -0.321 e. The molecule has 2 nitrogen and oxygen atoms in total. The lowest BCUT2D eigenvalue weighted by Gasteiger charge is -2.11. The van der Waals surface area contributed by atoms with E-state index in [9.17, 15) is 4.79 Å². The van der Waals surface area contributed by atoms with Gasteiger partial charge in [0.25, 0.3) is 5.91 Å². The van der Waals surface area contributed by atoms with Crippen molar-refractivity contribution in [2.45, 2.75) is 12.8 Å². The van der Waals surface area contributed by atoms with E-state index in [-0.39, 0.29) is 5.91 Å². The molecule has 108 valence electrons. The average Bonchev–Trinajstić information content (AvgIpc) is 2.95. The summed E-state index contributed by atoms with van der Waals surface area (Å²) in [5.74, 6) is -0.0521. The van der Waals surface area contributed by atoms with Gasteiger partial charge in [0.15, 0.2) is 0 Å². The average molecular weight is 399 g/mol. The molecular formula is C19H14INO. The van der Waals surface area contributed by atoms with E-state index in [2.05, 4.69) is 52.2 Å². The zero-order valence-electron chi connectivity index (χ0n) is 11.9. The lowest BCUT2D eigenvalue weighted by molar-refractivity contribution is 0.102. The number of hydrogen-bond donors (Lipinski definition) is 1. The summed E-state index contributed by atoms with van der Waals surface area (Å²) in [7, 11) is 0. The molecule has 3 aromatic rings. The van der Waals surface area contributed by atoms with Gasteiger partial charge in [0.2, 0.25) is 0 Å². The van der Waals surface area contributed by atoms with Crippen molar-refractivity contribution in [1.29, 1.82) is 0 Å². The van der Waals surface area contributed by atoms with E-state index < -0.39 is 0 Å². The molecule has 3 aromatic carbocycles. The molecule has 0 aromatic heterocycles. The first-order valence-corrected chi connectivity index (χ1v) is 8.41. The van der Waals surface area contributed by atoms with Crippen LogP contribution in [-0.4, -0.2) is 5.91 Å². The maximum Gasteiger partial charge on any atom is 0.256 e. The summed E-state index contributed by atoms with van der Waals surface area (Å²) in [4.78, 5) is 12.5. The van der Waals surface area contributed by atoms with Crippen LogP contribution in [0.4, 0.5) is 5.69 Å². The molecule has 1 amide bonds. The second-order valence-electron chi connectivity index (χ2n) is 5.55.